The minimum absolute atomic E-state index is 0.244. The van der Waals surface area contributed by atoms with Crippen molar-refractivity contribution in [2.45, 2.75) is 32.3 Å². The molecule has 1 aromatic carbocycles. The number of methoxy groups -OCH3 is 1. The Balaban J connectivity index is 2.46. The molecule has 1 aromatic rings. The maximum Gasteiger partial charge on any atom is 0.127 e. The van der Waals surface area contributed by atoms with Gasteiger partial charge in [-0.25, -0.2) is 0 Å². The van der Waals surface area contributed by atoms with Gasteiger partial charge in [-0.05, 0) is 50.5 Å². The minimum Gasteiger partial charge on any atom is -0.496 e. The number of hydrogen-bond acceptors (Lipinski definition) is 2. The van der Waals surface area contributed by atoms with Crippen molar-refractivity contribution in [3.8, 4) is 11.5 Å². The van der Waals surface area contributed by atoms with Crippen LogP contribution in [-0.4, -0.2) is 12.7 Å². The van der Waals surface area contributed by atoms with Gasteiger partial charge in [-0.1, -0.05) is 6.58 Å². The fourth-order valence-electron chi connectivity index (χ4n) is 2.09. The van der Waals surface area contributed by atoms with Gasteiger partial charge >= 0.3 is 0 Å². The van der Waals surface area contributed by atoms with E-state index < -0.39 is 0 Å². The number of aryl methyl sites for hydroxylation is 1. The predicted molar refractivity (Wildman–Crippen MR) is 65.3 cm³/mol. The molecule has 1 aliphatic heterocycles. The SMILES string of the molecule is C=C[C@]1(C)CCc2c(OC)cc(C)cc2O1. The van der Waals surface area contributed by atoms with Crippen LogP contribution < -0.4 is 9.47 Å². The lowest BCUT2D eigenvalue weighted by Gasteiger charge is -2.34. The highest BCUT2D eigenvalue weighted by atomic mass is 16.5. The van der Waals surface area contributed by atoms with E-state index in [4.69, 9.17) is 9.47 Å². The number of hydrogen-bond donors (Lipinski definition) is 0. The molecule has 0 fully saturated rings. The van der Waals surface area contributed by atoms with E-state index in [1.165, 1.54) is 5.56 Å². The van der Waals surface area contributed by atoms with E-state index in [2.05, 4.69) is 25.6 Å². The first-order chi connectivity index (χ1) is 7.58. The summed E-state index contributed by atoms with van der Waals surface area (Å²) < 4.78 is 11.4. The molecule has 2 rings (SSSR count). The highest BCUT2D eigenvalue weighted by molar-refractivity contribution is 5.49. The van der Waals surface area contributed by atoms with Gasteiger partial charge < -0.3 is 9.47 Å². The Bertz CT molecular complexity index is 423. The number of ether oxygens (including phenoxy) is 2. The van der Waals surface area contributed by atoms with Crippen molar-refractivity contribution < 1.29 is 9.47 Å². The summed E-state index contributed by atoms with van der Waals surface area (Å²) in [7, 11) is 1.70. The molecule has 0 aromatic heterocycles. The third-order valence-electron chi connectivity index (χ3n) is 3.18. The highest BCUT2D eigenvalue weighted by Gasteiger charge is 2.30. The molecular weight excluding hydrogens is 200 g/mol. The molecule has 1 heterocycles. The molecule has 1 aliphatic rings. The molecule has 0 unspecified atom stereocenters. The van der Waals surface area contributed by atoms with E-state index in [-0.39, 0.29) is 5.60 Å². The molecule has 1 atom stereocenters. The van der Waals surface area contributed by atoms with Crippen molar-refractivity contribution in [1.29, 1.82) is 0 Å². The van der Waals surface area contributed by atoms with E-state index >= 15 is 0 Å². The zero-order valence-electron chi connectivity index (χ0n) is 10.2. The fraction of sp³-hybridized carbons (Fsp3) is 0.429. The van der Waals surface area contributed by atoms with E-state index in [0.29, 0.717) is 0 Å². The summed E-state index contributed by atoms with van der Waals surface area (Å²) in [6.07, 6.45) is 3.80. The molecule has 0 N–H and O–H groups in total. The molecule has 86 valence electrons. The van der Waals surface area contributed by atoms with Crippen molar-refractivity contribution in [3.63, 3.8) is 0 Å². The molecule has 0 amide bonds. The number of rotatable bonds is 2. The Morgan fingerprint density at radius 2 is 2.25 bits per heavy atom. The molecular formula is C14H18O2. The summed E-state index contributed by atoms with van der Waals surface area (Å²) in [5.41, 5.74) is 2.09. The van der Waals surface area contributed by atoms with Crippen molar-refractivity contribution >= 4 is 0 Å². The topological polar surface area (TPSA) is 18.5 Å². The summed E-state index contributed by atoms with van der Waals surface area (Å²) in [5, 5.41) is 0. The summed E-state index contributed by atoms with van der Waals surface area (Å²) in [5.74, 6) is 1.87. The summed E-state index contributed by atoms with van der Waals surface area (Å²) in [4.78, 5) is 0. The van der Waals surface area contributed by atoms with Crippen LogP contribution in [-0.2, 0) is 6.42 Å². The van der Waals surface area contributed by atoms with Crippen LogP contribution >= 0.6 is 0 Å². The van der Waals surface area contributed by atoms with Crippen LogP contribution in [0.5, 0.6) is 11.5 Å². The van der Waals surface area contributed by atoms with Gasteiger partial charge in [0.2, 0.25) is 0 Å². The van der Waals surface area contributed by atoms with Crippen molar-refractivity contribution in [2.75, 3.05) is 7.11 Å². The van der Waals surface area contributed by atoms with Crippen molar-refractivity contribution in [2.24, 2.45) is 0 Å². The van der Waals surface area contributed by atoms with E-state index in [0.717, 1.165) is 29.9 Å². The van der Waals surface area contributed by atoms with Crippen molar-refractivity contribution in [3.05, 3.63) is 35.9 Å². The Morgan fingerprint density at radius 1 is 1.50 bits per heavy atom. The normalized spacial score (nSPS) is 23.2. The first kappa shape index (κ1) is 11.1. The zero-order valence-corrected chi connectivity index (χ0v) is 10.2. The molecule has 2 nitrogen and oxygen atoms in total. The van der Waals surface area contributed by atoms with Crippen LogP contribution in [0.1, 0.15) is 24.5 Å². The standard InChI is InChI=1S/C14H18O2/c1-5-14(3)7-6-11-12(15-4)8-10(2)9-13(11)16-14/h5,8-9H,1,6-7H2,2-4H3/t14-/m1/s1. The second-order valence-electron chi connectivity index (χ2n) is 4.56. The molecule has 0 radical (unpaired) electrons. The maximum atomic E-state index is 5.99. The fourth-order valence-corrected chi connectivity index (χ4v) is 2.09. The number of benzene rings is 1. The van der Waals surface area contributed by atoms with Gasteiger partial charge in [0.05, 0.1) is 7.11 Å². The molecule has 2 heteroatoms. The molecule has 0 bridgehead atoms. The third kappa shape index (κ3) is 1.80. The van der Waals surface area contributed by atoms with Gasteiger partial charge in [0.1, 0.15) is 17.1 Å². The van der Waals surface area contributed by atoms with Gasteiger partial charge in [-0.15, -0.1) is 0 Å². The van der Waals surface area contributed by atoms with Gasteiger partial charge in [0, 0.05) is 5.56 Å². The first-order valence-electron chi connectivity index (χ1n) is 5.58. The average molecular weight is 218 g/mol. The maximum absolute atomic E-state index is 5.99. The Morgan fingerprint density at radius 3 is 2.88 bits per heavy atom. The zero-order chi connectivity index (χ0) is 11.8. The highest BCUT2D eigenvalue weighted by Crippen LogP contribution is 2.39. The predicted octanol–water partition coefficient (Wildman–Crippen LogP) is 3.27. The van der Waals surface area contributed by atoms with Gasteiger partial charge in [0.15, 0.2) is 0 Å². The van der Waals surface area contributed by atoms with Crippen LogP contribution in [0.15, 0.2) is 24.8 Å². The third-order valence-corrected chi connectivity index (χ3v) is 3.18. The Labute approximate surface area is 96.9 Å². The Hall–Kier alpha value is -1.44. The molecule has 0 spiro atoms. The lowest BCUT2D eigenvalue weighted by atomic mass is 9.91. The van der Waals surface area contributed by atoms with Crippen LogP contribution in [0.25, 0.3) is 0 Å². The van der Waals surface area contributed by atoms with Gasteiger partial charge in [-0.2, -0.15) is 0 Å². The summed E-state index contributed by atoms with van der Waals surface area (Å²) in [6.45, 7) is 7.95. The van der Waals surface area contributed by atoms with Crippen LogP contribution in [0.4, 0.5) is 0 Å². The molecule has 0 aliphatic carbocycles. The molecule has 0 saturated carbocycles. The average Bonchev–Trinajstić information content (AvgIpc) is 2.27. The largest absolute Gasteiger partial charge is 0.496 e. The lowest BCUT2D eigenvalue weighted by molar-refractivity contribution is 0.113. The van der Waals surface area contributed by atoms with Crippen LogP contribution in [0.2, 0.25) is 0 Å². The molecule has 0 saturated heterocycles. The van der Waals surface area contributed by atoms with E-state index in [9.17, 15) is 0 Å². The second kappa shape index (κ2) is 3.85. The summed E-state index contributed by atoms with van der Waals surface area (Å²) >= 11 is 0. The summed E-state index contributed by atoms with van der Waals surface area (Å²) in [6, 6.07) is 4.12. The number of fused-ring (bicyclic) bond motifs is 1. The van der Waals surface area contributed by atoms with Gasteiger partial charge in [-0.3, -0.25) is 0 Å². The smallest absolute Gasteiger partial charge is 0.127 e. The van der Waals surface area contributed by atoms with E-state index in [1.807, 2.05) is 13.0 Å². The van der Waals surface area contributed by atoms with Crippen LogP contribution in [0, 0.1) is 6.92 Å². The lowest BCUT2D eigenvalue weighted by Crippen LogP contribution is -2.33. The quantitative estimate of drug-likeness (QED) is 0.709. The van der Waals surface area contributed by atoms with Gasteiger partial charge in [0.25, 0.3) is 0 Å². The molecule has 16 heavy (non-hydrogen) atoms. The second-order valence-corrected chi connectivity index (χ2v) is 4.56. The first-order valence-corrected chi connectivity index (χ1v) is 5.58. The monoisotopic (exact) mass is 218 g/mol. The van der Waals surface area contributed by atoms with Crippen molar-refractivity contribution in [1.82, 2.24) is 0 Å². The van der Waals surface area contributed by atoms with Crippen LogP contribution in [0.3, 0.4) is 0 Å². The minimum atomic E-state index is -0.244. The van der Waals surface area contributed by atoms with E-state index in [1.54, 1.807) is 7.11 Å². The Kier molecular flexibility index (Phi) is 2.66.